The van der Waals surface area contributed by atoms with E-state index in [4.69, 9.17) is 32.7 Å². The number of hydrogen-bond acceptors (Lipinski definition) is 4. The van der Waals surface area contributed by atoms with Crippen LogP contribution in [-0.4, -0.2) is 17.1 Å². The Morgan fingerprint density at radius 3 is 2.63 bits per heavy atom. The van der Waals surface area contributed by atoms with Crippen molar-refractivity contribution < 1.29 is 9.47 Å². The minimum atomic E-state index is 0.274. The summed E-state index contributed by atoms with van der Waals surface area (Å²) < 4.78 is 10.7. The third-order valence-electron chi connectivity index (χ3n) is 2.34. The Balaban J connectivity index is 2.27. The van der Waals surface area contributed by atoms with Crippen molar-refractivity contribution in [2.45, 2.75) is 13.5 Å². The molecule has 0 atom stereocenters. The van der Waals surface area contributed by atoms with E-state index in [1.807, 2.05) is 13.0 Å². The number of aryl methyl sites for hydroxylation is 1. The van der Waals surface area contributed by atoms with Gasteiger partial charge >= 0.3 is 0 Å². The van der Waals surface area contributed by atoms with Gasteiger partial charge in [0.15, 0.2) is 5.82 Å². The molecule has 0 bridgehead atoms. The highest BCUT2D eigenvalue weighted by molar-refractivity contribution is 6.30. The summed E-state index contributed by atoms with van der Waals surface area (Å²) in [7, 11) is 1.56. The van der Waals surface area contributed by atoms with E-state index in [1.165, 1.54) is 0 Å². The molecule has 2 rings (SSSR count). The molecule has 0 saturated heterocycles. The Bertz CT molecular complexity index is 591. The Hall–Kier alpha value is -1.36. The molecule has 4 nitrogen and oxygen atoms in total. The quantitative estimate of drug-likeness (QED) is 0.799. The SMILES string of the molecule is COCc1nc(Cl)cc(Oc2ccc(Cl)cc2C)n1. The molecule has 0 aliphatic carbocycles. The van der Waals surface area contributed by atoms with Crippen LogP contribution in [0.1, 0.15) is 11.4 Å². The van der Waals surface area contributed by atoms with E-state index in [9.17, 15) is 0 Å². The van der Waals surface area contributed by atoms with Crippen molar-refractivity contribution in [1.82, 2.24) is 9.97 Å². The second-order valence-electron chi connectivity index (χ2n) is 3.89. The second-order valence-corrected chi connectivity index (χ2v) is 4.71. The van der Waals surface area contributed by atoms with Gasteiger partial charge in [0.2, 0.25) is 5.88 Å². The van der Waals surface area contributed by atoms with Crippen molar-refractivity contribution in [1.29, 1.82) is 0 Å². The van der Waals surface area contributed by atoms with Gasteiger partial charge in [-0.15, -0.1) is 0 Å². The van der Waals surface area contributed by atoms with Crippen LogP contribution >= 0.6 is 23.2 Å². The van der Waals surface area contributed by atoms with Gasteiger partial charge in [-0.2, -0.15) is 4.98 Å². The first-order valence-corrected chi connectivity index (χ1v) is 6.30. The minimum absolute atomic E-state index is 0.274. The molecule has 0 aliphatic heterocycles. The molecule has 0 spiro atoms. The first-order valence-electron chi connectivity index (χ1n) is 5.55. The fourth-order valence-electron chi connectivity index (χ4n) is 1.53. The molecule has 0 N–H and O–H groups in total. The van der Waals surface area contributed by atoms with Crippen LogP contribution in [0.3, 0.4) is 0 Å². The maximum Gasteiger partial charge on any atom is 0.224 e. The van der Waals surface area contributed by atoms with Crippen LogP contribution in [0, 0.1) is 6.92 Å². The second kappa shape index (κ2) is 6.19. The summed E-state index contributed by atoms with van der Waals surface area (Å²) in [6.45, 7) is 2.18. The fraction of sp³-hybridized carbons (Fsp3) is 0.231. The largest absolute Gasteiger partial charge is 0.439 e. The zero-order valence-corrected chi connectivity index (χ0v) is 12.0. The van der Waals surface area contributed by atoms with Gasteiger partial charge in [-0.25, -0.2) is 4.98 Å². The monoisotopic (exact) mass is 298 g/mol. The van der Waals surface area contributed by atoms with Crippen LogP contribution in [0.15, 0.2) is 24.3 Å². The van der Waals surface area contributed by atoms with Crippen LogP contribution in [0.5, 0.6) is 11.6 Å². The van der Waals surface area contributed by atoms with Crippen molar-refractivity contribution in [3.63, 3.8) is 0 Å². The van der Waals surface area contributed by atoms with Crippen molar-refractivity contribution in [2.75, 3.05) is 7.11 Å². The van der Waals surface area contributed by atoms with E-state index in [0.29, 0.717) is 27.6 Å². The minimum Gasteiger partial charge on any atom is -0.439 e. The van der Waals surface area contributed by atoms with Crippen molar-refractivity contribution in [3.05, 3.63) is 45.8 Å². The number of methoxy groups -OCH3 is 1. The van der Waals surface area contributed by atoms with Gasteiger partial charge in [-0.1, -0.05) is 23.2 Å². The van der Waals surface area contributed by atoms with Crippen LogP contribution < -0.4 is 4.74 Å². The molecule has 0 radical (unpaired) electrons. The lowest BCUT2D eigenvalue weighted by atomic mass is 10.2. The van der Waals surface area contributed by atoms with Gasteiger partial charge in [-0.05, 0) is 30.7 Å². The smallest absolute Gasteiger partial charge is 0.224 e. The highest BCUT2D eigenvalue weighted by atomic mass is 35.5. The van der Waals surface area contributed by atoms with E-state index >= 15 is 0 Å². The van der Waals surface area contributed by atoms with E-state index in [0.717, 1.165) is 5.56 Å². The number of nitrogens with zero attached hydrogens (tertiary/aromatic N) is 2. The van der Waals surface area contributed by atoms with Gasteiger partial charge in [0.25, 0.3) is 0 Å². The molecule has 0 fully saturated rings. The van der Waals surface area contributed by atoms with E-state index in [1.54, 1.807) is 25.3 Å². The summed E-state index contributed by atoms with van der Waals surface area (Å²) in [5.41, 5.74) is 0.913. The van der Waals surface area contributed by atoms with Gasteiger partial charge in [-0.3, -0.25) is 0 Å². The molecule has 0 amide bonds. The lowest BCUT2D eigenvalue weighted by Gasteiger charge is -2.09. The lowest BCUT2D eigenvalue weighted by molar-refractivity contribution is 0.177. The number of ether oxygens (including phenoxy) is 2. The van der Waals surface area contributed by atoms with E-state index < -0.39 is 0 Å². The van der Waals surface area contributed by atoms with Crippen LogP contribution in [-0.2, 0) is 11.3 Å². The molecule has 1 aromatic heterocycles. The van der Waals surface area contributed by atoms with Crippen LogP contribution in [0.25, 0.3) is 0 Å². The zero-order chi connectivity index (χ0) is 13.8. The summed E-state index contributed by atoms with van der Waals surface area (Å²) in [5, 5.41) is 0.967. The maximum absolute atomic E-state index is 5.91. The molecule has 1 aromatic carbocycles. The molecule has 6 heteroatoms. The number of aromatic nitrogens is 2. The first-order chi connectivity index (χ1) is 9.08. The average Bonchev–Trinajstić information content (AvgIpc) is 2.32. The lowest BCUT2D eigenvalue weighted by Crippen LogP contribution is -1.99. The molecule has 1 heterocycles. The molecule has 0 unspecified atom stereocenters. The third kappa shape index (κ3) is 3.80. The van der Waals surface area contributed by atoms with Gasteiger partial charge in [0.1, 0.15) is 17.5 Å². The first kappa shape index (κ1) is 14.1. The Labute approximate surface area is 121 Å². The molecule has 2 aromatic rings. The standard InChI is InChI=1S/C13H12Cl2N2O2/c1-8-5-9(14)3-4-10(8)19-13-6-11(15)16-12(17-13)7-18-2/h3-6H,7H2,1-2H3. The van der Waals surface area contributed by atoms with Crippen LogP contribution in [0.2, 0.25) is 10.2 Å². The predicted octanol–water partition coefficient (Wildman–Crippen LogP) is 4.03. The van der Waals surface area contributed by atoms with E-state index in [2.05, 4.69) is 9.97 Å². The zero-order valence-electron chi connectivity index (χ0n) is 10.5. The fourth-order valence-corrected chi connectivity index (χ4v) is 1.95. The summed E-state index contributed by atoms with van der Waals surface area (Å²) >= 11 is 11.8. The summed E-state index contributed by atoms with van der Waals surface area (Å²) in [6.07, 6.45) is 0. The van der Waals surface area contributed by atoms with Gasteiger partial charge < -0.3 is 9.47 Å². The van der Waals surface area contributed by atoms with Crippen molar-refractivity contribution in [2.24, 2.45) is 0 Å². The average molecular weight is 299 g/mol. The number of halogens is 2. The van der Waals surface area contributed by atoms with Gasteiger partial charge in [0, 0.05) is 18.2 Å². The maximum atomic E-state index is 5.91. The molecular weight excluding hydrogens is 287 g/mol. The van der Waals surface area contributed by atoms with E-state index in [-0.39, 0.29) is 6.61 Å². The Morgan fingerprint density at radius 2 is 1.95 bits per heavy atom. The highest BCUT2D eigenvalue weighted by Crippen LogP contribution is 2.27. The summed E-state index contributed by atoms with van der Waals surface area (Å²) in [6, 6.07) is 6.90. The third-order valence-corrected chi connectivity index (χ3v) is 2.77. The normalized spacial score (nSPS) is 10.5. The number of hydrogen-bond donors (Lipinski definition) is 0. The molecule has 19 heavy (non-hydrogen) atoms. The topological polar surface area (TPSA) is 44.2 Å². The van der Waals surface area contributed by atoms with Crippen LogP contribution in [0.4, 0.5) is 0 Å². The van der Waals surface area contributed by atoms with Gasteiger partial charge in [0.05, 0.1) is 0 Å². The molecule has 0 aliphatic rings. The number of rotatable bonds is 4. The Kier molecular flexibility index (Phi) is 4.58. The molecular formula is C13H12Cl2N2O2. The molecule has 100 valence electrons. The predicted molar refractivity (Wildman–Crippen MR) is 74.0 cm³/mol. The molecule has 0 saturated carbocycles. The highest BCUT2D eigenvalue weighted by Gasteiger charge is 2.07. The Morgan fingerprint density at radius 1 is 1.16 bits per heavy atom. The summed E-state index contributed by atoms with van der Waals surface area (Å²) in [4.78, 5) is 8.24. The summed E-state index contributed by atoms with van der Waals surface area (Å²) in [5.74, 6) is 1.51. The van der Waals surface area contributed by atoms with Crippen molar-refractivity contribution in [3.8, 4) is 11.6 Å². The van der Waals surface area contributed by atoms with Crippen molar-refractivity contribution >= 4 is 23.2 Å². The number of benzene rings is 1.